The van der Waals surface area contributed by atoms with Gasteiger partial charge in [0, 0.05) is 12.0 Å². The predicted octanol–water partition coefficient (Wildman–Crippen LogP) is 3.38. The first kappa shape index (κ1) is 14.3. The molecule has 0 aliphatic heterocycles. The largest absolute Gasteiger partial charge is 0.339 e. The summed E-state index contributed by atoms with van der Waals surface area (Å²) in [6.07, 6.45) is 4.32. The molecule has 1 heterocycles. The number of rotatable bonds is 4. The molecule has 0 bridgehead atoms. The number of hydrogen-bond donors (Lipinski definition) is 1. The molecule has 0 saturated carbocycles. The van der Waals surface area contributed by atoms with Crippen molar-refractivity contribution >= 4 is 0 Å². The van der Waals surface area contributed by atoms with E-state index in [0.29, 0.717) is 5.89 Å². The maximum atomic E-state index is 6.09. The Bertz CT molecular complexity index is 608. The van der Waals surface area contributed by atoms with Gasteiger partial charge in [0.05, 0.1) is 5.92 Å². The fourth-order valence-electron chi connectivity index (χ4n) is 3.13. The average molecular weight is 285 g/mol. The third kappa shape index (κ3) is 2.72. The molecule has 0 radical (unpaired) electrons. The van der Waals surface area contributed by atoms with Gasteiger partial charge in [-0.05, 0) is 36.8 Å². The summed E-state index contributed by atoms with van der Waals surface area (Å²) >= 11 is 0. The Labute approximate surface area is 125 Å². The van der Waals surface area contributed by atoms with E-state index in [1.807, 2.05) is 0 Å². The Hall–Kier alpha value is -1.68. The number of nitrogens with two attached hydrogens (primary N) is 1. The molecule has 2 aromatic rings. The second kappa shape index (κ2) is 5.98. The van der Waals surface area contributed by atoms with Crippen LogP contribution >= 0.6 is 0 Å². The van der Waals surface area contributed by atoms with Gasteiger partial charge >= 0.3 is 0 Å². The van der Waals surface area contributed by atoms with Gasteiger partial charge in [0.1, 0.15) is 0 Å². The summed E-state index contributed by atoms with van der Waals surface area (Å²) in [7, 11) is 0. The lowest BCUT2D eigenvalue weighted by Gasteiger charge is -2.22. The quantitative estimate of drug-likeness (QED) is 0.935. The normalized spacial score (nSPS) is 20.8. The van der Waals surface area contributed by atoms with E-state index in [1.165, 1.54) is 17.5 Å². The fraction of sp³-hybridized carbons (Fsp3) is 0.529. The Morgan fingerprint density at radius 3 is 3.00 bits per heavy atom. The zero-order valence-electron chi connectivity index (χ0n) is 12.7. The Balaban J connectivity index is 1.88. The van der Waals surface area contributed by atoms with Crippen molar-refractivity contribution in [3.05, 3.63) is 47.1 Å². The molecule has 1 aliphatic rings. The van der Waals surface area contributed by atoms with Crippen molar-refractivity contribution in [3.8, 4) is 0 Å². The molecule has 4 heteroatoms. The first-order valence-corrected chi connectivity index (χ1v) is 7.87. The maximum absolute atomic E-state index is 6.09. The number of aryl methyl sites for hydroxylation is 1. The molecule has 112 valence electrons. The summed E-state index contributed by atoms with van der Waals surface area (Å²) in [5.74, 6) is 1.85. The lowest BCUT2D eigenvalue weighted by Crippen LogP contribution is -2.25. The topological polar surface area (TPSA) is 64.9 Å². The highest BCUT2D eigenvalue weighted by Gasteiger charge is 2.27. The van der Waals surface area contributed by atoms with Crippen molar-refractivity contribution in [2.75, 3.05) is 0 Å². The molecule has 0 spiro atoms. The Kier molecular flexibility index (Phi) is 4.06. The van der Waals surface area contributed by atoms with E-state index >= 15 is 0 Å². The van der Waals surface area contributed by atoms with E-state index in [-0.39, 0.29) is 17.9 Å². The zero-order chi connectivity index (χ0) is 14.8. The molecule has 3 unspecified atom stereocenters. The SMILES string of the molecule is CCC(N)C(C)c1nc(C2CCCc3ccccc32)no1. The van der Waals surface area contributed by atoms with Crippen LogP contribution in [0.15, 0.2) is 28.8 Å². The number of fused-ring (bicyclic) bond motifs is 1. The molecule has 4 nitrogen and oxygen atoms in total. The van der Waals surface area contributed by atoms with Crippen LogP contribution in [0.1, 0.15) is 67.8 Å². The molecule has 1 aromatic carbocycles. The average Bonchev–Trinajstić information content (AvgIpc) is 3.02. The molecule has 1 aromatic heterocycles. The molecule has 2 N–H and O–H groups in total. The highest BCUT2D eigenvalue weighted by atomic mass is 16.5. The van der Waals surface area contributed by atoms with Crippen LogP contribution in [-0.2, 0) is 6.42 Å². The minimum atomic E-state index is 0.0666. The summed E-state index contributed by atoms with van der Waals surface area (Å²) in [5, 5.41) is 4.23. The lowest BCUT2D eigenvalue weighted by atomic mass is 9.82. The van der Waals surface area contributed by atoms with E-state index < -0.39 is 0 Å². The molecule has 21 heavy (non-hydrogen) atoms. The monoisotopic (exact) mass is 285 g/mol. The third-order valence-electron chi connectivity index (χ3n) is 4.64. The standard InChI is InChI=1S/C17H23N3O/c1-3-15(18)11(2)17-19-16(20-21-17)14-10-6-8-12-7-4-5-9-13(12)14/h4-5,7,9,11,14-15H,3,6,8,10,18H2,1-2H3. The Morgan fingerprint density at radius 1 is 1.38 bits per heavy atom. The first-order valence-electron chi connectivity index (χ1n) is 7.87. The summed E-state index contributed by atoms with van der Waals surface area (Å²) in [4.78, 5) is 4.64. The van der Waals surface area contributed by atoms with E-state index in [9.17, 15) is 0 Å². The van der Waals surface area contributed by atoms with Crippen molar-refractivity contribution in [3.63, 3.8) is 0 Å². The van der Waals surface area contributed by atoms with Crippen LogP contribution in [0, 0.1) is 0 Å². The van der Waals surface area contributed by atoms with Crippen molar-refractivity contribution in [2.45, 2.75) is 57.4 Å². The molecule has 3 atom stereocenters. The van der Waals surface area contributed by atoms with E-state index in [0.717, 1.165) is 25.1 Å². The number of hydrogen-bond acceptors (Lipinski definition) is 4. The molecular formula is C17H23N3O. The van der Waals surface area contributed by atoms with Gasteiger partial charge in [0.25, 0.3) is 0 Å². The number of aromatic nitrogens is 2. The molecule has 1 aliphatic carbocycles. The van der Waals surface area contributed by atoms with Crippen LogP contribution in [0.2, 0.25) is 0 Å². The van der Waals surface area contributed by atoms with Crippen LogP contribution in [0.3, 0.4) is 0 Å². The lowest BCUT2D eigenvalue weighted by molar-refractivity contribution is 0.335. The summed E-state index contributed by atoms with van der Waals surface area (Å²) in [6, 6.07) is 8.66. The van der Waals surface area contributed by atoms with Crippen LogP contribution in [0.4, 0.5) is 0 Å². The van der Waals surface area contributed by atoms with Crippen molar-refractivity contribution < 1.29 is 4.52 Å². The fourth-order valence-corrected chi connectivity index (χ4v) is 3.13. The number of nitrogens with zero attached hydrogens (tertiary/aromatic N) is 2. The van der Waals surface area contributed by atoms with Gasteiger partial charge in [-0.25, -0.2) is 0 Å². The summed E-state index contributed by atoms with van der Waals surface area (Å²) in [5.41, 5.74) is 8.85. The van der Waals surface area contributed by atoms with E-state index in [1.54, 1.807) is 0 Å². The van der Waals surface area contributed by atoms with Gasteiger partial charge in [-0.3, -0.25) is 0 Å². The smallest absolute Gasteiger partial charge is 0.231 e. The summed E-state index contributed by atoms with van der Waals surface area (Å²) < 4.78 is 5.48. The minimum absolute atomic E-state index is 0.0666. The molecule has 0 saturated heterocycles. The minimum Gasteiger partial charge on any atom is -0.339 e. The summed E-state index contributed by atoms with van der Waals surface area (Å²) in [6.45, 7) is 4.14. The maximum Gasteiger partial charge on any atom is 0.231 e. The van der Waals surface area contributed by atoms with Crippen LogP contribution in [0.25, 0.3) is 0 Å². The van der Waals surface area contributed by atoms with Crippen molar-refractivity contribution in [2.24, 2.45) is 5.73 Å². The van der Waals surface area contributed by atoms with Crippen LogP contribution in [0.5, 0.6) is 0 Å². The first-order chi connectivity index (χ1) is 10.2. The van der Waals surface area contributed by atoms with Crippen molar-refractivity contribution in [1.29, 1.82) is 0 Å². The van der Waals surface area contributed by atoms with Gasteiger partial charge in [0.2, 0.25) is 5.89 Å². The zero-order valence-corrected chi connectivity index (χ0v) is 12.7. The van der Waals surface area contributed by atoms with Crippen LogP contribution < -0.4 is 5.73 Å². The van der Waals surface area contributed by atoms with Gasteiger partial charge in [-0.1, -0.05) is 43.3 Å². The second-order valence-electron chi connectivity index (χ2n) is 6.00. The second-order valence-corrected chi connectivity index (χ2v) is 6.00. The molecule has 0 amide bonds. The predicted molar refractivity (Wildman–Crippen MR) is 82.2 cm³/mol. The van der Waals surface area contributed by atoms with Gasteiger partial charge in [-0.15, -0.1) is 0 Å². The highest BCUT2D eigenvalue weighted by Crippen LogP contribution is 2.35. The third-order valence-corrected chi connectivity index (χ3v) is 4.64. The molecule has 3 rings (SSSR count). The highest BCUT2D eigenvalue weighted by molar-refractivity contribution is 5.36. The van der Waals surface area contributed by atoms with Gasteiger partial charge < -0.3 is 10.3 Å². The number of benzene rings is 1. The van der Waals surface area contributed by atoms with Gasteiger partial charge in [-0.2, -0.15) is 4.98 Å². The van der Waals surface area contributed by atoms with Gasteiger partial charge in [0.15, 0.2) is 5.82 Å². The molecular weight excluding hydrogens is 262 g/mol. The molecule has 0 fully saturated rings. The van der Waals surface area contributed by atoms with E-state index in [4.69, 9.17) is 10.3 Å². The van der Waals surface area contributed by atoms with E-state index in [2.05, 4.69) is 48.3 Å². The Morgan fingerprint density at radius 2 is 2.19 bits per heavy atom. The van der Waals surface area contributed by atoms with Crippen molar-refractivity contribution in [1.82, 2.24) is 10.1 Å². The van der Waals surface area contributed by atoms with Crippen LogP contribution in [-0.4, -0.2) is 16.2 Å².